The summed E-state index contributed by atoms with van der Waals surface area (Å²) in [4.78, 5) is 18.6. The lowest BCUT2D eigenvalue weighted by Gasteiger charge is -2.32. The third-order valence-electron chi connectivity index (χ3n) is 5.18. The molecule has 1 aliphatic rings. The lowest BCUT2D eigenvalue weighted by atomic mass is 9.96. The minimum atomic E-state index is -4.10. The fourth-order valence-electron chi connectivity index (χ4n) is 3.55. The molecule has 0 spiro atoms. The van der Waals surface area contributed by atoms with E-state index in [0.29, 0.717) is 48.9 Å². The monoisotopic (exact) mass is 416 g/mol. The van der Waals surface area contributed by atoms with Crippen LogP contribution in [0.3, 0.4) is 0 Å². The van der Waals surface area contributed by atoms with Gasteiger partial charge in [-0.1, -0.05) is 6.07 Å². The van der Waals surface area contributed by atoms with E-state index in [0.717, 1.165) is 12.8 Å². The Balaban J connectivity index is 1.32. The molecule has 0 saturated carbocycles. The van der Waals surface area contributed by atoms with Crippen molar-refractivity contribution in [3.63, 3.8) is 0 Å². The second kappa shape index (κ2) is 9.64. The summed E-state index contributed by atoms with van der Waals surface area (Å²) in [6, 6.07) is 5.23. The van der Waals surface area contributed by atoms with Gasteiger partial charge in [-0.3, -0.25) is 0 Å². The molecular formula is C19H27F3N4O3. The molecular weight excluding hydrogens is 389 g/mol. The highest BCUT2D eigenvalue weighted by molar-refractivity contribution is 5.80. The van der Waals surface area contributed by atoms with Crippen LogP contribution in [0.5, 0.6) is 5.75 Å². The van der Waals surface area contributed by atoms with Crippen molar-refractivity contribution in [1.29, 1.82) is 0 Å². The van der Waals surface area contributed by atoms with Crippen LogP contribution in [0.25, 0.3) is 11.0 Å². The van der Waals surface area contributed by atoms with Gasteiger partial charge in [0.15, 0.2) is 0 Å². The lowest BCUT2D eigenvalue weighted by molar-refractivity contribution is -0.138. The third-order valence-corrected chi connectivity index (χ3v) is 5.18. The number of nitrogens with zero attached hydrogens (tertiary/aromatic N) is 1. The van der Waals surface area contributed by atoms with Gasteiger partial charge in [0.05, 0.1) is 11.9 Å². The average Bonchev–Trinajstić information content (AvgIpc) is 3.06. The van der Waals surface area contributed by atoms with E-state index in [4.69, 9.17) is 4.74 Å². The maximum Gasteiger partial charge on any atom is 0.390 e. The number of likely N-dealkylation sites (tertiary alicyclic amines) is 1. The van der Waals surface area contributed by atoms with Crippen LogP contribution < -0.4 is 15.7 Å². The molecule has 4 N–H and O–H groups in total. The molecule has 29 heavy (non-hydrogen) atoms. The molecule has 1 aromatic carbocycles. The number of hydrogen-bond donors (Lipinski definition) is 4. The molecule has 1 aromatic heterocycles. The van der Waals surface area contributed by atoms with Crippen LogP contribution in [-0.2, 0) is 0 Å². The molecule has 1 aliphatic heterocycles. The Labute approximate surface area is 166 Å². The highest BCUT2D eigenvalue weighted by atomic mass is 19.4. The normalized spacial score (nSPS) is 17.7. The summed E-state index contributed by atoms with van der Waals surface area (Å²) in [7, 11) is 0. The molecule has 10 heteroatoms. The summed E-state index contributed by atoms with van der Waals surface area (Å²) in [5.74, 6) is 0.884. The Kier molecular flexibility index (Phi) is 7.20. The smallest absolute Gasteiger partial charge is 0.390 e. The van der Waals surface area contributed by atoms with Crippen molar-refractivity contribution in [2.24, 2.45) is 5.92 Å². The van der Waals surface area contributed by atoms with Gasteiger partial charge in [0.1, 0.15) is 24.0 Å². The van der Waals surface area contributed by atoms with E-state index in [9.17, 15) is 23.1 Å². The summed E-state index contributed by atoms with van der Waals surface area (Å²) < 4.78 is 42.5. The van der Waals surface area contributed by atoms with Crippen LogP contribution in [-0.4, -0.2) is 71.6 Å². The first kappa shape index (κ1) is 21.7. The Hall–Kier alpha value is -2.04. The van der Waals surface area contributed by atoms with Crippen molar-refractivity contribution in [1.82, 2.24) is 20.2 Å². The first-order valence-electron chi connectivity index (χ1n) is 9.82. The topological polar surface area (TPSA) is 93.4 Å². The number of piperidine rings is 1. The van der Waals surface area contributed by atoms with Crippen LogP contribution in [0.2, 0.25) is 0 Å². The predicted octanol–water partition coefficient (Wildman–Crippen LogP) is 1.85. The lowest BCUT2D eigenvalue weighted by Crippen LogP contribution is -2.40. The maximum atomic E-state index is 12.3. The zero-order valence-electron chi connectivity index (χ0n) is 16.1. The van der Waals surface area contributed by atoms with Gasteiger partial charge in [0.2, 0.25) is 0 Å². The number of imidazole rings is 1. The summed E-state index contributed by atoms with van der Waals surface area (Å²) in [6.45, 7) is 2.56. The fourth-order valence-corrected chi connectivity index (χ4v) is 3.55. The molecule has 1 unspecified atom stereocenters. The van der Waals surface area contributed by atoms with Gasteiger partial charge in [-0.15, -0.1) is 0 Å². The predicted molar refractivity (Wildman–Crippen MR) is 103 cm³/mol. The van der Waals surface area contributed by atoms with Gasteiger partial charge < -0.3 is 30.0 Å². The minimum absolute atomic E-state index is 0.0683. The Morgan fingerprint density at radius 2 is 2.03 bits per heavy atom. The number of aliphatic hydroxyl groups excluding tert-OH is 1. The number of rotatable bonds is 9. The van der Waals surface area contributed by atoms with E-state index in [-0.39, 0.29) is 18.8 Å². The van der Waals surface area contributed by atoms with Crippen LogP contribution >= 0.6 is 0 Å². The van der Waals surface area contributed by atoms with E-state index in [2.05, 4.69) is 15.3 Å². The first-order chi connectivity index (χ1) is 13.8. The van der Waals surface area contributed by atoms with Crippen molar-refractivity contribution in [3.8, 4) is 5.75 Å². The van der Waals surface area contributed by atoms with Gasteiger partial charge in [-0.25, -0.2) is 4.79 Å². The molecule has 0 aliphatic carbocycles. The average molecular weight is 416 g/mol. The molecule has 2 aromatic rings. The number of ether oxygens (including phenoxy) is 1. The largest absolute Gasteiger partial charge is 0.489 e. The van der Waals surface area contributed by atoms with Crippen LogP contribution in [0, 0.1) is 5.92 Å². The zero-order valence-corrected chi connectivity index (χ0v) is 16.1. The van der Waals surface area contributed by atoms with E-state index in [1.165, 1.54) is 0 Å². The summed E-state index contributed by atoms with van der Waals surface area (Å²) in [5.41, 5.74) is 0.888. The fraction of sp³-hybridized carbons (Fsp3) is 0.632. The second-order valence-corrected chi connectivity index (χ2v) is 7.53. The number of aromatic nitrogens is 2. The standard InChI is InChI=1S/C19H27F3N4O3/c20-19(21,22)6-9-26-7-4-13(5-8-26)10-23-11-14(27)12-29-16-3-1-2-15-17(16)25-18(28)24-15/h1-3,13-14,23,27H,4-12H2,(H2,24,25,28). The third kappa shape index (κ3) is 6.76. The van der Waals surface area contributed by atoms with Gasteiger partial charge in [-0.05, 0) is 50.5 Å². The van der Waals surface area contributed by atoms with E-state index >= 15 is 0 Å². The Morgan fingerprint density at radius 1 is 1.28 bits per heavy atom. The number of aromatic amines is 2. The number of para-hydroxylation sites is 1. The van der Waals surface area contributed by atoms with E-state index in [1.54, 1.807) is 18.2 Å². The highest BCUT2D eigenvalue weighted by Crippen LogP contribution is 2.23. The number of aliphatic hydroxyl groups is 1. The van der Waals surface area contributed by atoms with Crippen molar-refractivity contribution < 1.29 is 23.0 Å². The van der Waals surface area contributed by atoms with E-state index in [1.807, 2.05) is 4.90 Å². The number of alkyl halides is 3. The first-order valence-corrected chi connectivity index (χ1v) is 9.82. The molecule has 0 bridgehead atoms. The summed E-state index contributed by atoms with van der Waals surface area (Å²) >= 11 is 0. The van der Waals surface area contributed by atoms with Crippen molar-refractivity contribution in [2.75, 3.05) is 39.3 Å². The van der Waals surface area contributed by atoms with Crippen molar-refractivity contribution in [3.05, 3.63) is 28.7 Å². The van der Waals surface area contributed by atoms with Gasteiger partial charge in [-0.2, -0.15) is 13.2 Å². The highest BCUT2D eigenvalue weighted by Gasteiger charge is 2.29. The number of H-pyrrole nitrogens is 2. The van der Waals surface area contributed by atoms with Gasteiger partial charge >= 0.3 is 11.9 Å². The van der Waals surface area contributed by atoms with Crippen molar-refractivity contribution in [2.45, 2.75) is 31.5 Å². The molecule has 1 saturated heterocycles. The SMILES string of the molecule is O=c1[nH]c2cccc(OCC(O)CNCC3CCN(CCC(F)(F)F)CC3)c2[nH]1. The molecule has 0 amide bonds. The Bertz CT molecular complexity index is 828. The number of halogens is 3. The number of nitrogens with one attached hydrogen (secondary N) is 3. The molecule has 162 valence electrons. The molecule has 0 radical (unpaired) electrons. The minimum Gasteiger partial charge on any atom is -0.489 e. The molecule has 2 heterocycles. The van der Waals surface area contributed by atoms with Crippen LogP contribution in [0.4, 0.5) is 13.2 Å². The van der Waals surface area contributed by atoms with Crippen molar-refractivity contribution >= 4 is 11.0 Å². The summed E-state index contributed by atoms with van der Waals surface area (Å²) in [6.07, 6.45) is -3.88. The summed E-state index contributed by atoms with van der Waals surface area (Å²) in [5, 5.41) is 13.3. The quantitative estimate of drug-likeness (QED) is 0.501. The number of fused-ring (bicyclic) bond motifs is 1. The number of hydrogen-bond acceptors (Lipinski definition) is 5. The van der Waals surface area contributed by atoms with Gasteiger partial charge in [0.25, 0.3) is 0 Å². The van der Waals surface area contributed by atoms with E-state index < -0.39 is 18.7 Å². The molecule has 1 atom stereocenters. The van der Waals surface area contributed by atoms with Gasteiger partial charge in [0, 0.05) is 13.1 Å². The zero-order chi connectivity index (χ0) is 20.9. The molecule has 1 fully saturated rings. The second-order valence-electron chi connectivity index (χ2n) is 7.53. The Morgan fingerprint density at radius 3 is 2.76 bits per heavy atom. The van der Waals surface area contributed by atoms with Crippen LogP contribution in [0.15, 0.2) is 23.0 Å². The molecule has 3 rings (SSSR count). The molecule has 7 nitrogen and oxygen atoms in total. The van der Waals surface area contributed by atoms with Crippen LogP contribution in [0.1, 0.15) is 19.3 Å². The maximum absolute atomic E-state index is 12.3. The number of benzene rings is 1.